The topological polar surface area (TPSA) is 78.5 Å². The van der Waals surface area contributed by atoms with Gasteiger partial charge in [0.25, 0.3) is 0 Å². The van der Waals surface area contributed by atoms with Crippen LogP contribution >= 0.6 is 11.8 Å². The summed E-state index contributed by atoms with van der Waals surface area (Å²) in [6.07, 6.45) is -3.91. The van der Waals surface area contributed by atoms with Gasteiger partial charge in [0, 0.05) is 38.0 Å². The summed E-state index contributed by atoms with van der Waals surface area (Å²) in [4.78, 5) is 13.1. The number of hydrogen-bond acceptors (Lipinski definition) is 6. The van der Waals surface area contributed by atoms with Crippen LogP contribution in [0.2, 0.25) is 0 Å². The van der Waals surface area contributed by atoms with Crippen molar-refractivity contribution in [1.82, 2.24) is 15.5 Å². The summed E-state index contributed by atoms with van der Waals surface area (Å²) in [6, 6.07) is -1.69. The number of hydrogen-bond donors (Lipinski definition) is 2. The smallest absolute Gasteiger partial charge is 0.353 e. The van der Waals surface area contributed by atoms with Gasteiger partial charge < -0.3 is 10.6 Å². The molecule has 2 rings (SSSR count). The molecular weight excluding hydrogens is 367 g/mol. The highest BCUT2D eigenvalue weighted by molar-refractivity contribution is 8.02. The lowest BCUT2D eigenvalue weighted by molar-refractivity contribution is -0.183. The summed E-state index contributed by atoms with van der Waals surface area (Å²) in [5.74, 6) is -0.358. The van der Waals surface area contributed by atoms with Crippen LogP contribution in [0.25, 0.3) is 0 Å². The molecule has 11 heteroatoms. The van der Waals surface area contributed by atoms with Crippen molar-refractivity contribution in [3.8, 4) is 0 Å². The molecule has 24 heavy (non-hydrogen) atoms. The fourth-order valence-corrected chi connectivity index (χ4v) is 6.27. The van der Waals surface area contributed by atoms with E-state index in [0.717, 1.165) is 0 Å². The molecule has 2 aliphatic heterocycles. The first-order valence-corrected chi connectivity index (χ1v) is 10.6. The van der Waals surface area contributed by atoms with Gasteiger partial charge in [0.05, 0.1) is 17.3 Å². The molecule has 0 aromatic rings. The summed E-state index contributed by atoms with van der Waals surface area (Å²) in [6.45, 7) is 1.08. The van der Waals surface area contributed by atoms with E-state index < -0.39 is 34.5 Å². The fourth-order valence-electron chi connectivity index (χ4n) is 2.79. The van der Waals surface area contributed by atoms with Gasteiger partial charge in [-0.25, -0.2) is 8.42 Å². The van der Waals surface area contributed by atoms with E-state index >= 15 is 0 Å². The van der Waals surface area contributed by atoms with Crippen LogP contribution in [-0.2, 0) is 14.6 Å². The fraction of sp³-hybridized carbons (Fsp3) is 0.923. The third kappa shape index (κ3) is 6.08. The number of carbonyl (C=O) groups is 1. The van der Waals surface area contributed by atoms with Gasteiger partial charge in [-0.1, -0.05) is 0 Å². The molecule has 0 aromatic heterocycles. The van der Waals surface area contributed by atoms with Crippen LogP contribution in [0.3, 0.4) is 0 Å². The van der Waals surface area contributed by atoms with Crippen LogP contribution in [0.15, 0.2) is 0 Å². The first kappa shape index (κ1) is 19.8. The number of nitrogens with zero attached hydrogens (tertiary/aromatic N) is 1. The maximum Gasteiger partial charge on any atom is 0.405 e. The Hall–Kier alpha value is -0.520. The molecule has 2 unspecified atom stereocenters. The zero-order valence-corrected chi connectivity index (χ0v) is 14.8. The molecule has 1 amide bonds. The lowest BCUT2D eigenvalue weighted by Gasteiger charge is -2.35. The van der Waals surface area contributed by atoms with Crippen LogP contribution < -0.4 is 10.6 Å². The van der Waals surface area contributed by atoms with Gasteiger partial charge in [-0.05, 0) is 6.42 Å². The second-order valence-corrected chi connectivity index (χ2v) is 9.50. The molecule has 0 aliphatic carbocycles. The monoisotopic (exact) mass is 389 g/mol. The lowest BCUT2D eigenvalue weighted by Crippen LogP contribution is -2.57. The van der Waals surface area contributed by atoms with Gasteiger partial charge in [-0.2, -0.15) is 13.2 Å². The van der Waals surface area contributed by atoms with Crippen molar-refractivity contribution in [3.05, 3.63) is 0 Å². The molecule has 0 saturated carbocycles. The Morgan fingerprint density at radius 1 is 1.33 bits per heavy atom. The van der Waals surface area contributed by atoms with Gasteiger partial charge >= 0.3 is 6.18 Å². The largest absolute Gasteiger partial charge is 0.405 e. The van der Waals surface area contributed by atoms with Gasteiger partial charge in [0.15, 0.2) is 9.84 Å². The summed E-state index contributed by atoms with van der Waals surface area (Å²) >= 11 is 1.19. The molecule has 2 saturated heterocycles. The van der Waals surface area contributed by atoms with Crippen LogP contribution in [0.4, 0.5) is 13.2 Å². The van der Waals surface area contributed by atoms with Crippen LogP contribution in [-0.4, -0.2) is 86.7 Å². The Bertz CT molecular complexity index is 536. The summed E-state index contributed by atoms with van der Waals surface area (Å²) < 4.78 is 62.2. The van der Waals surface area contributed by atoms with Crippen molar-refractivity contribution in [2.75, 3.05) is 50.0 Å². The molecule has 2 N–H and O–H groups in total. The first-order chi connectivity index (χ1) is 11.2. The second-order valence-electron chi connectivity index (χ2n) is 5.98. The minimum Gasteiger partial charge on any atom is -0.353 e. The summed E-state index contributed by atoms with van der Waals surface area (Å²) in [5, 5.41) is 5.19. The Kier molecular flexibility index (Phi) is 6.80. The highest BCUT2D eigenvalue weighted by Gasteiger charge is 2.43. The van der Waals surface area contributed by atoms with Crippen LogP contribution in [0.5, 0.6) is 0 Å². The molecule has 140 valence electrons. The number of halogens is 3. The first-order valence-electron chi connectivity index (χ1n) is 7.77. The van der Waals surface area contributed by atoms with Crippen molar-refractivity contribution in [2.24, 2.45) is 0 Å². The average Bonchev–Trinajstić information content (AvgIpc) is 2.84. The van der Waals surface area contributed by atoms with E-state index in [1.54, 1.807) is 0 Å². The normalized spacial score (nSPS) is 26.2. The minimum absolute atomic E-state index is 0.0215. The van der Waals surface area contributed by atoms with Crippen molar-refractivity contribution in [1.29, 1.82) is 0 Å². The zero-order valence-electron chi connectivity index (χ0n) is 13.1. The van der Waals surface area contributed by atoms with E-state index in [4.69, 9.17) is 0 Å². The summed E-state index contributed by atoms with van der Waals surface area (Å²) in [5.41, 5.74) is 0. The van der Waals surface area contributed by atoms with Crippen LogP contribution in [0, 0.1) is 0 Å². The highest BCUT2D eigenvalue weighted by atomic mass is 32.2. The number of nitrogens with one attached hydrogen (secondary N) is 2. The number of sulfone groups is 1. The molecular formula is C13H22F3N3O3S2. The number of carbonyl (C=O) groups excluding carboxylic acids is 1. The third-order valence-corrected chi connectivity index (χ3v) is 7.39. The van der Waals surface area contributed by atoms with E-state index in [1.165, 1.54) is 16.7 Å². The van der Waals surface area contributed by atoms with E-state index in [2.05, 4.69) is 10.6 Å². The van der Waals surface area contributed by atoms with Gasteiger partial charge in [-0.3, -0.25) is 9.69 Å². The number of alkyl halides is 3. The van der Waals surface area contributed by atoms with Gasteiger partial charge in [-0.15, -0.1) is 11.8 Å². The van der Waals surface area contributed by atoms with Gasteiger partial charge in [0.2, 0.25) is 5.91 Å². The molecule has 2 aliphatic rings. The maximum atomic E-state index is 13.2. The quantitative estimate of drug-likeness (QED) is 0.658. The predicted molar refractivity (Wildman–Crippen MR) is 86.8 cm³/mol. The molecule has 0 spiro atoms. The number of thioether (sulfide) groups is 1. The standard InChI is InChI=1S/C13H22F3N3O3S2/c14-13(15,16)11(19-4-2-17-3-5-19)7-18-12(20)8-23-10-1-6-24(21,22)9-10/h10-11,17H,1-9H2,(H,18,20). The van der Waals surface area contributed by atoms with Crippen molar-refractivity contribution >= 4 is 27.5 Å². The van der Waals surface area contributed by atoms with Gasteiger partial charge in [0.1, 0.15) is 6.04 Å². The van der Waals surface area contributed by atoms with Crippen molar-refractivity contribution in [3.63, 3.8) is 0 Å². The maximum absolute atomic E-state index is 13.2. The Balaban J connectivity index is 1.77. The molecule has 2 fully saturated rings. The van der Waals surface area contributed by atoms with E-state index in [-0.39, 0.29) is 35.6 Å². The summed E-state index contributed by atoms with van der Waals surface area (Å²) in [7, 11) is -3.02. The molecule has 6 nitrogen and oxygen atoms in total. The molecule has 2 heterocycles. The highest BCUT2D eigenvalue weighted by Crippen LogP contribution is 2.26. The third-order valence-electron chi connectivity index (χ3n) is 4.10. The second kappa shape index (κ2) is 8.24. The Labute approximate surface area is 143 Å². The van der Waals surface area contributed by atoms with E-state index in [0.29, 0.717) is 19.5 Å². The van der Waals surface area contributed by atoms with E-state index in [9.17, 15) is 26.4 Å². The predicted octanol–water partition coefficient (Wildman–Crippen LogP) is -0.141. The van der Waals surface area contributed by atoms with Crippen molar-refractivity contribution < 1.29 is 26.4 Å². The molecule has 0 bridgehead atoms. The average molecular weight is 389 g/mol. The molecule has 2 atom stereocenters. The molecule has 0 radical (unpaired) electrons. The minimum atomic E-state index is -4.41. The Morgan fingerprint density at radius 3 is 2.54 bits per heavy atom. The number of amides is 1. The van der Waals surface area contributed by atoms with Crippen molar-refractivity contribution in [2.45, 2.75) is 23.9 Å². The number of piperazine rings is 1. The lowest BCUT2D eigenvalue weighted by atomic mass is 10.2. The number of rotatable bonds is 6. The molecule has 0 aromatic carbocycles. The Morgan fingerprint density at radius 2 is 2.00 bits per heavy atom. The van der Waals surface area contributed by atoms with Crippen LogP contribution in [0.1, 0.15) is 6.42 Å². The zero-order chi connectivity index (χ0) is 17.8. The SMILES string of the molecule is O=C(CSC1CCS(=O)(=O)C1)NCC(N1CCNCC1)C(F)(F)F. The van der Waals surface area contributed by atoms with E-state index in [1.807, 2.05) is 0 Å².